The summed E-state index contributed by atoms with van der Waals surface area (Å²) < 4.78 is 4.96. The average molecular weight is 187 g/mol. The molecule has 1 unspecified atom stereocenters. The van der Waals surface area contributed by atoms with Gasteiger partial charge in [-0.25, -0.2) is 0 Å². The second-order valence-electron chi connectivity index (χ2n) is 3.42. The van der Waals surface area contributed by atoms with E-state index in [9.17, 15) is 4.79 Å². The minimum atomic E-state index is -0.483. The van der Waals surface area contributed by atoms with Gasteiger partial charge in [-0.1, -0.05) is 26.7 Å². The highest BCUT2D eigenvalue weighted by Crippen LogP contribution is 2.15. The lowest BCUT2D eigenvalue weighted by Crippen LogP contribution is -2.28. The maximum Gasteiger partial charge on any atom is 0.310 e. The van der Waals surface area contributed by atoms with E-state index in [1.165, 1.54) is 0 Å². The van der Waals surface area contributed by atoms with Crippen LogP contribution in [0.25, 0.3) is 0 Å². The predicted octanol–water partition coefficient (Wildman–Crippen LogP) is 2.05. The summed E-state index contributed by atoms with van der Waals surface area (Å²) in [5.41, 5.74) is 5.38. The molecular formula is C10H21NO2. The fraction of sp³-hybridized carbons (Fsp3) is 0.900. The Morgan fingerprint density at radius 2 is 1.77 bits per heavy atom. The zero-order valence-corrected chi connectivity index (χ0v) is 8.88. The monoisotopic (exact) mass is 187 g/mol. The molecule has 1 atom stereocenters. The van der Waals surface area contributed by atoms with Gasteiger partial charge in [0.2, 0.25) is 0 Å². The number of nitrogens with two attached hydrogens (primary N) is 1. The number of hydrogen-bond acceptors (Lipinski definition) is 3. The van der Waals surface area contributed by atoms with Gasteiger partial charge in [0.05, 0.1) is 5.92 Å². The molecule has 0 aromatic rings. The van der Waals surface area contributed by atoms with Crippen molar-refractivity contribution >= 4 is 5.97 Å². The molecule has 13 heavy (non-hydrogen) atoms. The van der Waals surface area contributed by atoms with Crippen LogP contribution in [0.5, 0.6) is 0 Å². The van der Waals surface area contributed by atoms with Gasteiger partial charge in [-0.2, -0.15) is 0 Å². The van der Waals surface area contributed by atoms with Gasteiger partial charge >= 0.3 is 5.97 Å². The van der Waals surface area contributed by atoms with Crippen molar-refractivity contribution in [2.24, 2.45) is 11.7 Å². The van der Waals surface area contributed by atoms with E-state index in [2.05, 4.69) is 13.8 Å². The molecule has 0 saturated carbocycles. The normalized spacial score (nSPS) is 13.0. The topological polar surface area (TPSA) is 52.3 Å². The SMILES string of the molecule is CCCC(CCC)C(=O)OC(C)N. The third-order valence-electron chi connectivity index (χ3n) is 1.91. The molecule has 3 nitrogen and oxygen atoms in total. The summed E-state index contributed by atoms with van der Waals surface area (Å²) in [4.78, 5) is 11.4. The summed E-state index contributed by atoms with van der Waals surface area (Å²) in [6, 6.07) is 0. The molecule has 0 bridgehead atoms. The number of carbonyl (C=O) groups is 1. The third-order valence-corrected chi connectivity index (χ3v) is 1.91. The number of carbonyl (C=O) groups excluding carboxylic acids is 1. The first kappa shape index (κ1) is 12.4. The molecule has 0 aromatic carbocycles. The van der Waals surface area contributed by atoms with Crippen LogP contribution in [0.15, 0.2) is 0 Å². The Bertz CT molecular complexity index is 140. The Morgan fingerprint density at radius 1 is 1.31 bits per heavy atom. The van der Waals surface area contributed by atoms with Crippen molar-refractivity contribution in [2.75, 3.05) is 0 Å². The van der Waals surface area contributed by atoms with Crippen LogP contribution in [0, 0.1) is 5.92 Å². The van der Waals surface area contributed by atoms with E-state index in [1.54, 1.807) is 6.92 Å². The van der Waals surface area contributed by atoms with Gasteiger partial charge < -0.3 is 4.74 Å². The van der Waals surface area contributed by atoms with Crippen LogP contribution in [-0.4, -0.2) is 12.2 Å². The van der Waals surface area contributed by atoms with Crippen LogP contribution in [0.4, 0.5) is 0 Å². The van der Waals surface area contributed by atoms with Gasteiger partial charge in [-0.15, -0.1) is 0 Å². The molecule has 0 aromatic heterocycles. The van der Waals surface area contributed by atoms with Gasteiger partial charge in [0.25, 0.3) is 0 Å². The first-order chi connectivity index (χ1) is 6.11. The van der Waals surface area contributed by atoms with Crippen molar-refractivity contribution in [3.8, 4) is 0 Å². The fourth-order valence-electron chi connectivity index (χ4n) is 1.36. The molecule has 0 aliphatic carbocycles. The largest absolute Gasteiger partial charge is 0.447 e. The molecule has 0 rings (SSSR count). The van der Waals surface area contributed by atoms with Crippen LogP contribution in [0.3, 0.4) is 0 Å². The molecule has 2 N–H and O–H groups in total. The van der Waals surface area contributed by atoms with Gasteiger partial charge in [-0.3, -0.25) is 10.5 Å². The van der Waals surface area contributed by atoms with Gasteiger partial charge in [0.15, 0.2) is 0 Å². The van der Waals surface area contributed by atoms with Gasteiger partial charge in [0.1, 0.15) is 6.23 Å². The van der Waals surface area contributed by atoms with Crippen molar-refractivity contribution in [1.82, 2.24) is 0 Å². The molecule has 0 aliphatic heterocycles. The van der Waals surface area contributed by atoms with Crippen molar-refractivity contribution in [1.29, 1.82) is 0 Å². The van der Waals surface area contributed by atoms with Crippen LogP contribution in [0.2, 0.25) is 0 Å². The first-order valence-electron chi connectivity index (χ1n) is 5.07. The van der Waals surface area contributed by atoms with E-state index in [0.717, 1.165) is 25.7 Å². The van der Waals surface area contributed by atoms with Crippen molar-refractivity contribution in [3.05, 3.63) is 0 Å². The van der Waals surface area contributed by atoms with Crippen molar-refractivity contribution < 1.29 is 9.53 Å². The average Bonchev–Trinajstić information content (AvgIpc) is 2.02. The molecule has 0 heterocycles. The highest BCUT2D eigenvalue weighted by Gasteiger charge is 2.18. The molecule has 78 valence electrons. The minimum Gasteiger partial charge on any atom is -0.447 e. The number of esters is 1. The molecule has 3 heteroatoms. The zero-order valence-electron chi connectivity index (χ0n) is 8.88. The van der Waals surface area contributed by atoms with E-state index < -0.39 is 6.23 Å². The molecular weight excluding hydrogens is 166 g/mol. The number of hydrogen-bond donors (Lipinski definition) is 1. The van der Waals surface area contributed by atoms with Crippen molar-refractivity contribution in [2.45, 2.75) is 52.7 Å². The van der Waals surface area contributed by atoms with Crippen LogP contribution < -0.4 is 5.73 Å². The summed E-state index contributed by atoms with van der Waals surface area (Å²) in [6.07, 6.45) is 3.35. The maximum absolute atomic E-state index is 11.4. The summed E-state index contributed by atoms with van der Waals surface area (Å²) >= 11 is 0. The molecule has 0 fully saturated rings. The second-order valence-corrected chi connectivity index (χ2v) is 3.42. The Hall–Kier alpha value is -0.570. The lowest BCUT2D eigenvalue weighted by Gasteiger charge is -2.15. The summed E-state index contributed by atoms with van der Waals surface area (Å²) in [5.74, 6) is -0.0975. The molecule has 0 spiro atoms. The lowest BCUT2D eigenvalue weighted by atomic mass is 9.99. The zero-order chi connectivity index (χ0) is 10.3. The highest BCUT2D eigenvalue weighted by atomic mass is 16.6. The second kappa shape index (κ2) is 6.89. The summed E-state index contributed by atoms with van der Waals surface area (Å²) in [5, 5.41) is 0. The van der Waals surface area contributed by atoms with E-state index in [0.29, 0.717) is 0 Å². The third kappa shape index (κ3) is 5.64. The van der Waals surface area contributed by atoms with Crippen LogP contribution >= 0.6 is 0 Å². The predicted molar refractivity (Wildman–Crippen MR) is 53.0 cm³/mol. The molecule has 0 radical (unpaired) electrons. The Morgan fingerprint density at radius 3 is 2.08 bits per heavy atom. The lowest BCUT2D eigenvalue weighted by molar-refractivity contribution is -0.153. The van der Waals surface area contributed by atoms with Gasteiger partial charge in [-0.05, 0) is 19.8 Å². The molecule has 0 amide bonds. The van der Waals surface area contributed by atoms with Crippen LogP contribution in [0.1, 0.15) is 46.5 Å². The summed E-state index contributed by atoms with van der Waals surface area (Å²) in [6.45, 7) is 5.82. The quantitative estimate of drug-likeness (QED) is 0.511. The smallest absolute Gasteiger partial charge is 0.310 e. The highest BCUT2D eigenvalue weighted by molar-refractivity contribution is 5.72. The number of ether oxygens (including phenoxy) is 1. The molecule has 0 aliphatic rings. The van der Waals surface area contributed by atoms with E-state index in [1.807, 2.05) is 0 Å². The first-order valence-corrected chi connectivity index (χ1v) is 5.07. The minimum absolute atomic E-state index is 0.0426. The fourth-order valence-corrected chi connectivity index (χ4v) is 1.36. The Labute approximate surface area is 80.6 Å². The van der Waals surface area contributed by atoms with Crippen molar-refractivity contribution in [3.63, 3.8) is 0 Å². The van der Waals surface area contributed by atoms with Gasteiger partial charge in [0, 0.05) is 0 Å². The van der Waals surface area contributed by atoms with E-state index in [4.69, 9.17) is 10.5 Å². The van der Waals surface area contributed by atoms with E-state index in [-0.39, 0.29) is 11.9 Å². The maximum atomic E-state index is 11.4. The Balaban J connectivity index is 3.95. The Kier molecular flexibility index (Phi) is 6.59. The van der Waals surface area contributed by atoms with Crippen LogP contribution in [-0.2, 0) is 9.53 Å². The molecule has 0 saturated heterocycles. The van der Waals surface area contributed by atoms with E-state index >= 15 is 0 Å². The summed E-state index contributed by atoms with van der Waals surface area (Å²) in [7, 11) is 0. The number of rotatable bonds is 6. The standard InChI is InChI=1S/C10H21NO2/c1-4-6-9(7-5-2)10(12)13-8(3)11/h8-9H,4-7,11H2,1-3H3.